The summed E-state index contributed by atoms with van der Waals surface area (Å²) in [6.45, 7) is 1.35. The van der Waals surface area contributed by atoms with Crippen molar-refractivity contribution in [2.75, 3.05) is 0 Å². The Balaban J connectivity index is 2.03. The second kappa shape index (κ2) is 6.93. The Kier molecular flexibility index (Phi) is 4.84. The highest BCUT2D eigenvalue weighted by Gasteiger charge is 2.33. The lowest BCUT2D eigenvalue weighted by molar-refractivity contribution is -0.384. The molecule has 0 aliphatic carbocycles. The summed E-state index contributed by atoms with van der Waals surface area (Å²) in [5.74, 6) is -0.512. The third-order valence-electron chi connectivity index (χ3n) is 4.04. The molecule has 1 N–H and O–H groups in total. The average molecular weight is 394 g/mol. The molecule has 1 amide bonds. The molecule has 7 nitrogen and oxygen atoms in total. The monoisotopic (exact) mass is 393 g/mol. The van der Waals surface area contributed by atoms with E-state index in [9.17, 15) is 20.0 Å². The van der Waals surface area contributed by atoms with Crippen LogP contribution < -0.4 is 0 Å². The molecular weight excluding hydrogens is 381 g/mol. The van der Waals surface area contributed by atoms with Gasteiger partial charge in [0, 0.05) is 36.1 Å². The minimum Gasteiger partial charge on any atom is -0.506 e. The van der Waals surface area contributed by atoms with Gasteiger partial charge in [-0.2, -0.15) is 5.10 Å². The summed E-state index contributed by atoms with van der Waals surface area (Å²) in [6.07, 6.45) is 0.255. The SMILES string of the molecule is CC(=O)N1N=C(c2cc(Cl)cc(Cl)c2O)CC1c1cccc([N+](=O)[O-])c1. The molecule has 26 heavy (non-hydrogen) atoms. The molecule has 1 unspecified atom stereocenters. The Morgan fingerprint density at radius 3 is 2.73 bits per heavy atom. The minimum atomic E-state index is -0.528. The van der Waals surface area contributed by atoms with Gasteiger partial charge >= 0.3 is 0 Å². The van der Waals surface area contributed by atoms with Crippen LogP contribution in [0.4, 0.5) is 5.69 Å². The number of non-ortho nitro benzene ring substituents is 1. The Bertz CT molecular complexity index is 946. The molecule has 0 bridgehead atoms. The number of nitro benzene ring substituents is 1. The van der Waals surface area contributed by atoms with Crippen molar-refractivity contribution in [3.63, 3.8) is 0 Å². The molecule has 2 aromatic rings. The number of carbonyl (C=O) groups excluding carboxylic acids is 1. The van der Waals surface area contributed by atoms with Crippen molar-refractivity contribution in [2.24, 2.45) is 5.10 Å². The van der Waals surface area contributed by atoms with Gasteiger partial charge in [0.15, 0.2) is 0 Å². The van der Waals surface area contributed by atoms with Gasteiger partial charge in [0.1, 0.15) is 5.75 Å². The number of hydrogen-bond donors (Lipinski definition) is 1. The lowest BCUT2D eigenvalue weighted by Gasteiger charge is -2.20. The second-order valence-electron chi connectivity index (χ2n) is 5.77. The van der Waals surface area contributed by atoms with Crippen molar-refractivity contribution in [1.29, 1.82) is 0 Å². The van der Waals surface area contributed by atoms with Crippen LogP contribution in [0, 0.1) is 10.1 Å². The molecule has 1 aliphatic heterocycles. The number of phenolic OH excluding ortho intramolecular Hbond substituents is 1. The zero-order chi connectivity index (χ0) is 19.0. The first-order valence-corrected chi connectivity index (χ1v) is 8.33. The van der Waals surface area contributed by atoms with Crippen LogP contribution in [0.25, 0.3) is 0 Å². The van der Waals surface area contributed by atoms with E-state index in [2.05, 4.69) is 5.10 Å². The van der Waals surface area contributed by atoms with Gasteiger partial charge in [-0.25, -0.2) is 5.01 Å². The van der Waals surface area contributed by atoms with Gasteiger partial charge in [0.05, 0.1) is 21.7 Å². The topological polar surface area (TPSA) is 96.0 Å². The fourth-order valence-electron chi connectivity index (χ4n) is 2.85. The first kappa shape index (κ1) is 18.2. The van der Waals surface area contributed by atoms with Crippen LogP contribution in [0.3, 0.4) is 0 Å². The number of nitrogens with zero attached hydrogens (tertiary/aromatic N) is 3. The van der Waals surface area contributed by atoms with Crippen LogP contribution in [0.1, 0.15) is 30.5 Å². The zero-order valence-corrected chi connectivity index (χ0v) is 15.0. The molecule has 0 spiro atoms. The van der Waals surface area contributed by atoms with Gasteiger partial charge in [-0.1, -0.05) is 35.3 Å². The van der Waals surface area contributed by atoms with Crippen molar-refractivity contribution >= 4 is 40.5 Å². The van der Waals surface area contributed by atoms with Gasteiger partial charge in [-0.05, 0) is 17.7 Å². The van der Waals surface area contributed by atoms with E-state index < -0.39 is 11.0 Å². The number of halogens is 2. The van der Waals surface area contributed by atoms with E-state index in [0.29, 0.717) is 21.9 Å². The molecule has 0 aromatic heterocycles. The average Bonchev–Trinajstić information content (AvgIpc) is 3.03. The van der Waals surface area contributed by atoms with Gasteiger partial charge in [0.2, 0.25) is 5.91 Å². The molecule has 1 aliphatic rings. The smallest absolute Gasteiger partial charge is 0.269 e. The number of benzene rings is 2. The Hall–Kier alpha value is -2.64. The molecule has 1 atom stereocenters. The number of nitro groups is 1. The highest BCUT2D eigenvalue weighted by atomic mass is 35.5. The number of hydrogen-bond acceptors (Lipinski definition) is 5. The van der Waals surface area contributed by atoms with Crippen molar-refractivity contribution in [3.05, 3.63) is 67.7 Å². The predicted molar refractivity (Wildman–Crippen MR) is 97.6 cm³/mol. The van der Waals surface area contributed by atoms with Crippen molar-refractivity contribution in [2.45, 2.75) is 19.4 Å². The van der Waals surface area contributed by atoms with Crippen molar-refractivity contribution in [3.8, 4) is 5.75 Å². The van der Waals surface area contributed by atoms with Crippen molar-refractivity contribution in [1.82, 2.24) is 5.01 Å². The fraction of sp³-hybridized carbons (Fsp3) is 0.176. The number of aromatic hydroxyl groups is 1. The van der Waals surface area contributed by atoms with Crippen LogP contribution in [0.15, 0.2) is 41.5 Å². The third-order valence-corrected chi connectivity index (χ3v) is 4.54. The summed E-state index contributed by atoms with van der Waals surface area (Å²) in [7, 11) is 0. The summed E-state index contributed by atoms with van der Waals surface area (Å²) in [5, 5.41) is 27.2. The third kappa shape index (κ3) is 3.36. The first-order chi connectivity index (χ1) is 12.3. The molecule has 2 aromatic carbocycles. The van der Waals surface area contributed by atoms with E-state index in [4.69, 9.17) is 23.2 Å². The molecule has 3 rings (SSSR count). The van der Waals surface area contributed by atoms with Gasteiger partial charge in [0.25, 0.3) is 5.69 Å². The van der Waals surface area contributed by atoms with E-state index >= 15 is 0 Å². The highest BCUT2D eigenvalue weighted by molar-refractivity contribution is 6.36. The second-order valence-corrected chi connectivity index (χ2v) is 6.61. The van der Waals surface area contributed by atoms with Gasteiger partial charge in [-0.15, -0.1) is 0 Å². The van der Waals surface area contributed by atoms with Crippen LogP contribution in [-0.2, 0) is 4.79 Å². The maximum absolute atomic E-state index is 12.0. The fourth-order valence-corrected chi connectivity index (χ4v) is 3.35. The molecule has 0 radical (unpaired) electrons. The Morgan fingerprint density at radius 2 is 2.08 bits per heavy atom. The van der Waals surface area contributed by atoms with Crippen LogP contribution in [0.2, 0.25) is 10.0 Å². The summed E-state index contributed by atoms with van der Waals surface area (Å²) in [6, 6.07) is 8.41. The molecular formula is C17H13Cl2N3O4. The van der Waals surface area contributed by atoms with E-state index in [1.165, 1.54) is 36.2 Å². The number of hydrazone groups is 1. The maximum Gasteiger partial charge on any atom is 0.269 e. The molecule has 9 heteroatoms. The van der Waals surface area contributed by atoms with Gasteiger partial charge in [-0.3, -0.25) is 14.9 Å². The van der Waals surface area contributed by atoms with E-state index in [1.807, 2.05) is 0 Å². The summed E-state index contributed by atoms with van der Waals surface area (Å²) < 4.78 is 0. The predicted octanol–water partition coefficient (Wildman–Crippen LogP) is 4.30. The lowest BCUT2D eigenvalue weighted by atomic mass is 9.97. The quantitative estimate of drug-likeness (QED) is 0.620. The van der Waals surface area contributed by atoms with Crippen LogP contribution >= 0.6 is 23.2 Å². The molecule has 1 heterocycles. The normalized spacial score (nSPS) is 16.5. The Labute approximate surface area is 158 Å². The van der Waals surface area contributed by atoms with E-state index in [-0.39, 0.29) is 28.8 Å². The maximum atomic E-state index is 12.0. The Morgan fingerprint density at radius 1 is 1.35 bits per heavy atom. The van der Waals surface area contributed by atoms with E-state index in [1.54, 1.807) is 12.1 Å². The molecule has 0 saturated carbocycles. The highest BCUT2D eigenvalue weighted by Crippen LogP contribution is 2.38. The van der Waals surface area contributed by atoms with Crippen LogP contribution in [0.5, 0.6) is 5.75 Å². The molecule has 0 fully saturated rings. The standard InChI is InChI=1S/C17H13Cl2N3O4/c1-9(23)21-16(10-3-2-4-12(5-10)22(25)26)8-15(20-21)13-6-11(18)7-14(19)17(13)24/h2-7,16,24H,8H2,1H3. The number of phenols is 1. The summed E-state index contributed by atoms with van der Waals surface area (Å²) in [5.41, 5.74) is 1.23. The molecule has 0 saturated heterocycles. The number of amides is 1. The molecule has 134 valence electrons. The van der Waals surface area contributed by atoms with Crippen LogP contribution in [-0.4, -0.2) is 26.7 Å². The largest absolute Gasteiger partial charge is 0.506 e. The minimum absolute atomic E-state index is 0.0726. The van der Waals surface area contributed by atoms with E-state index in [0.717, 1.165) is 0 Å². The summed E-state index contributed by atoms with van der Waals surface area (Å²) in [4.78, 5) is 22.5. The van der Waals surface area contributed by atoms with Crippen molar-refractivity contribution < 1.29 is 14.8 Å². The zero-order valence-electron chi connectivity index (χ0n) is 13.5. The number of rotatable bonds is 3. The summed E-state index contributed by atoms with van der Waals surface area (Å²) >= 11 is 12.0. The number of carbonyl (C=O) groups is 1. The van der Waals surface area contributed by atoms with Gasteiger partial charge < -0.3 is 5.11 Å². The lowest BCUT2D eigenvalue weighted by Crippen LogP contribution is -2.24. The first-order valence-electron chi connectivity index (χ1n) is 7.58.